The summed E-state index contributed by atoms with van der Waals surface area (Å²) in [6.45, 7) is 6.95. The summed E-state index contributed by atoms with van der Waals surface area (Å²) in [5.41, 5.74) is 5.02. The molecule has 1 N–H and O–H groups in total. The van der Waals surface area contributed by atoms with Gasteiger partial charge in [0.25, 0.3) is 0 Å². The largest absolute Gasteiger partial charge is 0.394 e. The summed E-state index contributed by atoms with van der Waals surface area (Å²) >= 11 is 0. The predicted molar refractivity (Wildman–Crippen MR) is 105 cm³/mol. The molecule has 0 bridgehead atoms. The van der Waals surface area contributed by atoms with Crippen LogP contribution in [0.4, 0.5) is 0 Å². The zero-order valence-electron chi connectivity index (χ0n) is 15.7. The number of aliphatic hydroxyl groups is 1. The Bertz CT molecular complexity index is 910. The van der Waals surface area contributed by atoms with Crippen LogP contribution in [0.1, 0.15) is 41.4 Å². The first-order chi connectivity index (χ1) is 12.7. The Morgan fingerprint density at radius 1 is 1.12 bits per heavy atom. The van der Waals surface area contributed by atoms with Gasteiger partial charge in [0.05, 0.1) is 18.8 Å². The van der Waals surface area contributed by atoms with Crippen molar-refractivity contribution in [2.24, 2.45) is 0 Å². The van der Waals surface area contributed by atoms with E-state index in [2.05, 4.69) is 66.3 Å². The molecular weight excluding hydrogens is 322 g/mol. The molecule has 1 aliphatic rings. The van der Waals surface area contributed by atoms with Crippen molar-refractivity contribution in [3.05, 3.63) is 65.0 Å². The van der Waals surface area contributed by atoms with Crippen molar-refractivity contribution in [1.29, 1.82) is 0 Å². The zero-order valence-corrected chi connectivity index (χ0v) is 15.7. The molecule has 1 aromatic heterocycles. The molecule has 3 aromatic rings. The van der Waals surface area contributed by atoms with Crippen LogP contribution in [0.25, 0.3) is 10.8 Å². The van der Waals surface area contributed by atoms with Crippen LogP contribution in [0.3, 0.4) is 0 Å². The van der Waals surface area contributed by atoms with Crippen molar-refractivity contribution in [3.63, 3.8) is 0 Å². The normalized spacial score (nSPS) is 18.0. The fourth-order valence-corrected chi connectivity index (χ4v) is 4.39. The maximum Gasteiger partial charge on any atom is 0.0644 e. The summed E-state index contributed by atoms with van der Waals surface area (Å²) < 4.78 is 1.94. The van der Waals surface area contributed by atoms with E-state index in [-0.39, 0.29) is 6.61 Å². The predicted octanol–water partition coefficient (Wildman–Crippen LogP) is 3.98. The van der Waals surface area contributed by atoms with Crippen molar-refractivity contribution < 1.29 is 5.11 Å². The summed E-state index contributed by atoms with van der Waals surface area (Å²) in [7, 11) is 0. The van der Waals surface area contributed by atoms with Gasteiger partial charge in [-0.05, 0) is 49.6 Å². The number of aryl methyl sites for hydroxylation is 1. The molecular formula is C22H27N3O. The van der Waals surface area contributed by atoms with E-state index >= 15 is 0 Å². The van der Waals surface area contributed by atoms with Crippen LogP contribution >= 0.6 is 0 Å². The molecule has 0 aliphatic carbocycles. The van der Waals surface area contributed by atoms with E-state index in [0.29, 0.717) is 12.6 Å². The summed E-state index contributed by atoms with van der Waals surface area (Å²) in [6.07, 6.45) is 2.44. The number of aromatic nitrogens is 2. The fourth-order valence-electron chi connectivity index (χ4n) is 4.39. The van der Waals surface area contributed by atoms with E-state index < -0.39 is 0 Å². The highest BCUT2D eigenvalue weighted by molar-refractivity contribution is 5.86. The number of hydrogen-bond acceptors (Lipinski definition) is 3. The highest BCUT2D eigenvalue weighted by atomic mass is 16.3. The average Bonchev–Trinajstić information content (AvgIpc) is 3.22. The number of fused-ring (bicyclic) bond motifs is 1. The molecule has 1 atom stereocenters. The van der Waals surface area contributed by atoms with E-state index in [9.17, 15) is 5.11 Å². The molecule has 136 valence electrons. The van der Waals surface area contributed by atoms with Gasteiger partial charge < -0.3 is 5.11 Å². The van der Waals surface area contributed by atoms with Crippen LogP contribution < -0.4 is 0 Å². The van der Waals surface area contributed by atoms with E-state index in [1.165, 1.54) is 40.4 Å². The minimum absolute atomic E-state index is 0.129. The van der Waals surface area contributed by atoms with Crippen LogP contribution in [0.15, 0.2) is 42.5 Å². The molecule has 0 spiro atoms. The van der Waals surface area contributed by atoms with Gasteiger partial charge in [0.15, 0.2) is 0 Å². The van der Waals surface area contributed by atoms with Gasteiger partial charge in [0, 0.05) is 23.8 Å². The molecule has 0 amide bonds. The molecule has 0 saturated carbocycles. The van der Waals surface area contributed by atoms with Gasteiger partial charge in [-0.3, -0.25) is 9.58 Å². The van der Waals surface area contributed by atoms with Gasteiger partial charge in [-0.1, -0.05) is 42.5 Å². The number of aliphatic hydroxyl groups excluding tert-OH is 1. The molecule has 26 heavy (non-hydrogen) atoms. The topological polar surface area (TPSA) is 41.3 Å². The van der Waals surface area contributed by atoms with Gasteiger partial charge in [-0.15, -0.1) is 0 Å². The lowest BCUT2D eigenvalue weighted by Gasteiger charge is -2.26. The van der Waals surface area contributed by atoms with E-state index in [1.807, 2.05) is 4.68 Å². The summed E-state index contributed by atoms with van der Waals surface area (Å²) in [5.74, 6) is 0. The highest BCUT2D eigenvalue weighted by Gasteiger charge is 2.28. The molecule has 1 fully saturated rings. The monoisotopic (exact) mass is 349 g/mol. The summed E-state index contributed by atoms with van der Waals surface area (Å²) in [6, 6.07) is 15.8. The van der Waals surface area contributed by atoms with Crippen LogP contribution in [0, 0.1) is 13.8 Å². The van der Waals surface area contributed by atoms with Crippen LogP contribution in [0.2, 0.25) is 0 Å². The van der Waals surface area contributed by atoms with Crippen molar-refractivity contribution in [3.8, 4) is 0 Å². The number of benzene rings is 2. The van der Waals surface area contributed by atoms with Gasteiger partial charge >= 0.3 is 0 Å². The third kappa shape index (κ3) is 3.04. The van der Waals surface area contributed by atoms with Crippen molar-refractivity contribution in [2.45, 2.75) is 45.8 Å². The maximum absolute atomic E-state index is 9.25. The second-order valence-corrected chi connectivity index (χ2v) is 7.29. The van der Waals surface area contributed by atoms with Crippen molar-refractivity contribution in [2.75, 3.05) is 13.2 Å². The first-order valence-electron chi connectivity index (χ1n) is 9.54. The Kier molecular flexibility index (Phi) is 4.79. The molecule has 4 rings (SSSR count). The lowest BCUT2D eigenvalue weighted by Crippen LogP contribution is -2.23. The van der Waals surface area contributed by atoms with Crippen LogP contribution in [-0.4, -0.2) is 32.9 Å². The van der Waals surface area contributed by atoms with Gasteiger partial charge in [0.1, 0.15) is 0 Å². The SMILES string of the molecule is Cc1nn(CCO)c(C)c1CN1CCCC1c1cccc2ccccc12. The Morgan fingerprint density at radius 3 is 2.77 bits per heavy atom. The Balaban J connectivity index is 1.65. The maximum atomic E-state index is 9.25. The summed E-state index contributed by atoms with van der Waals surface area (Å²) in [4.78, 5) is 2.60. The number of hydrogen-bond donors (Lipinski definition) is 1. The van der Waals surface area contributed by atoms with Crippen molar-refractivity contribution >= 4 is 10.8 Å². The average molecular weight is 349 g/mol. The van der Waals surface area contributed by atoms with Gasteiger partial charge in [-0.25, -0.2) is 0 Å². The van der Waals surface area contributed by atoms with Crippen LogP contribution in [-0.2, 0) is 13.1 Å². The Morgan fingerprint density at radius 2 is 1.92 bits per heavy atom. The molecule has 1 unspecified atom stereocenters. The van der Waals surface area contributed by atoms with Crippen LogP contribution in [0.5, 0.6) is 0 Å². The lowest BCUT2D eigenvalue weighted by atomic mass is 9.97. The van der Waals surface area contributed by atoms with Gasteiger partial charge in [-0.2, -0.15) is 5.10 Å². The van der Waals surface area contributed by atoms with E-state index in [0.717, 1.165) is 18.8 Å². The molecule has 4 heteroatoms. The Labute approximate surface area is 155 Å². The number of rotatable bonds is 5. The minimum Gasteiger partial charge on any atom is -0.394 e. The fraction of sp³-hybridized carbons (Fsp3) is 0.409. The molecule has 1 aliphatic heterocycles. The number of nitrogens with zero attached hydrogens (tertiary/aromatic N) is 3. The van der Waals surface area contributed by atoms with E-state index in [1.54, 1.807) is 0 Å². The smallest absolute Gasteiger partial charge is 0.0644 e. The van der Waals surface area contributed by atoms with Gasteiger partial charge in [0.2, 0.25) is 0 Å². The van der Waals surface area contributed by atoms with E-state index in [4.69, 9.17) is 0 Å². The minimum atomic E-state index is 0.129. The molecule has 1 saturated heterocycles. The third-order valence-electron chi connectivity index (χ3n) is 5.75. The molecule has 0 radical (unpaired) electrons. The van der Waals surface area contributed by atoms with Crippen molar-refractivity contribution in [1.82, 2.24) is 14.7 Å². The standard InChI is InChI=1S/C22H27N3O/c1-16-21(17(2)25(23-16)13-14-26)15-24-12-6-11-22(24)20-10-5-8-18-7-3-4-9-19(18)20/h3-5,7-10,22,26H,6,11-15H2,1-2H3. The molecule has 2 aromatic carbocycles. The Hall–Kier alpha value is -2.17. The highest BCUT2D eigenvalue weighted by Crippen LogP contribution is 2.37. The molecule has 4 nitrogen and oxygen atoms in total. The zero-order chi connectivity index (χ0) is 18.1. The number of likely N-dealkylation sites (tertiary alicyclic amines) is 1. The second-order valence-electron chi connectivity index (χ2n) is 7.29. The first-order valence-corrected chi connectivity index (χ1v) is 9.54. The first kappa shape index (κ1) is 17.3. The second kappa shape index (κ2) is 7.22. The quantitative estimate of drug-likeness (QED) is 0.757. The summed E-state index contributed by atoms with van der Waals surface area (Å²) in [5, 5.41) is 16.6. The lowest BCUT2D eigenvalue weighted by molar-refractivity contribution is 0.248. The third-order valence-corrected chi connectivity index (χ3v) is 5.75. The molecule has 2 heterocycles.